The summed E-state index contributed by atoms with van der Waals surface area (Å²) in [6.07, 6.45) is 7.26. The molecule has 4 amide bonds. The Morgan fingerprint density at radius 3 is 2.32 bits per heavy atom. The summed E-state index contributed by atoms with van der Waals surface area (Å²) in [5.41, 5.74) is 4.12. The van der Waals surface area contributed by atoms with E-state index in [1.54, 1.807) is 13.8 Å². The van der Waals surface area contributed by atoms with Gasteiger partial charge in [-0.25, -0.2) is 18.1 Å². The number of carbonyl (C=O) groups is 5. The Balaban J connectivity index is 1.71. The number of hydrogen-bond acceptors (Lipinski definition) is 10. The number of primary amides is 1. The highest BCUT2D eigenvalue weighted by molar-refractivity contribution is 7.90. The van der Waals surface area contributed by atoms with Crippen molar-refractivity contribution in [1.29, 1.82) is 0 Å². The number of hydrogen-bond donors (Lipinski definition) is 3. The molecule has 15 nitrogen and oxygen atoms in total. The Morgan fingerprint density at radius 2 is 1.74 bits per heavy atom. The molecule has 2 aromatic rings. The Morgan fingerprint density at radius 1 is 1.11 bits per heavy atom. The zero-order valence-electron chi connectivity index (χ0n) is 26.9. The first kappa shape index (κ1) is 35.5. The molecule has 4 rings (SSSR count). The maximum Gasteiger partial charge on any atom is 0.287 e. The smallest absolute Gasteiger partial charge is 0.287 e. The van der Waals surface area contributed by atoms with Gasteiger partial charge in [-0.2, -0.15) is 0 Å². The van der Waals surface area contributed by atoms with E-state index >= 15 is 0 Å². The molecule has 1 saturated heterocycles. The van der Waals surface area contributed by atoms with E-state index in [9.17, 15) is 37.5 Å². The molecule has 0 radical (unpaired) electrons. The molecular weight excluding hydrogens is 630 g/mol. The minimum Gasteiger partial charge on any atom is -0.384 e. The van der Waals surface area contributed by atoms with Crippen molar-refractivity contribution in [3.63, 3.8) is 0 Å². The van der Waals surface area contributed by atoms with Crippen molar-refractivity contribution >= 4 is 45.0 Å². The molecule has 4 N–H and O–H groups in total. The fourth-order valence-corrected chi connectivity index (χ4v) is 6.68. The molecule has 2 fully saturated rings. The van der Waals surface area contributed by atoms with Crippen LogP contribution in [0, 0.1) is 5.92 Å². The number of aliphatic hydroxyl groups is 1. The maximum absolute atomic E-state index is 14.4. The van der Waals surface area contributed by atoms with E-state index in [1.807, 2.05) is 0 Å². The third kappa shape index (κ3) is 8.54. The summed E-state index contributed by atoms with van der Waals surface area (Å²) in [5, 5.41) is 21.2. The summed E-state index contributed by atoms with van der Waals surface area (Å²) in [4.78, 5) is 70.5. The molecule has 1 unspecified atom stereocenters. The number of ketones is 1. The van der Waals surface area contributed by atoms with Crippen LogP contribution in [0.2, 0.25) is 0 Å². The monoisotopic (exact) mass is 671 g/mol. The number of likely N-dealkylation sites (tertiary alicyclic amines) is 1. The van der Waals surface area contributed by atoms with E-state index < -0.39 is 63.0 Å². The van der Waals surface area contributed by atoms with E-state index in [-0.39, 0.29) is 41.5 Å². The molecular formula is C31H41N7O8S. The molecule has 1 aromatic carbocycles. The van der Waals surface area contributed by atoms with E-state index in [0.29, 0.717) is 5.69 Å². The topological polar surface area (TPSA) is 224 Å². The van der Waals surface area contributed by atoms with E-state index in [1.165, 1.54) is 47.0 Å². The molecule has 1 aliphatic heterocycles. The van der Waals surface area contributed by atoms with Crippen LogP contribution in [0.4, 0.5) is 0 Å². The van der Waals surface area contributed by atoms with Gasteiger partial charge in [0.2, 0.25) is 11.7 Å². The Labute approximate surface area is 272 Å². The number of aromatic nitrogens is 3. The number of nitrogens with two attached hydrogens (primary N) is 1. The van der Waals surface area contributed by atoms with Gasteiger partial charge in [0.15, 0.2) is 9.84 Å². The van der Waals surface area contributed by atoms with Crippen LogP contribution in [0.25, 0.3) is 0 Å². The SMILES string of the molecule is CC(NC(=O)[C@@H]1C[C@H](n2nncc2C(C)(C)O)CN1C(=O)C(CC1CCCCC1)=NC(=O)c1ccc(S(C)(=O)=O)cc1)C(=O)C(N)=O. The number of sulfone groups is 1. The summed E-state index contributed by atoms with van der Waals surface area (Å²) in [7, 11) is -3.50. The van der Waals surface area contributed by atoms with Crippen molar-refractivity contribution in [3.05, 3.63) is 41.7 Å². The lowest BCUT2D eigenvalue weighted by Crippen LogP contribution is -2.52. The lowest BCUT2D eigenvalue weighted by molar-refractivity contribution is -0.139. The summed E-state index contributed by atoms with van der Waals surface area (Å²) in [5.74, 6) is -4.31. The molecule has 2 heterocycles. The highest BCUT2D eigenvalue weighted by atomic mass is 32.2. The van der Waals surface area contributed by atoms with Gasteiger partial charge in [0.25, 0.3) is 17.7 Å². The second kappa shape index (κ2) is 14.2. The fraction of sp³-hybridized carbons (Fsp3) is 0.548. The standard InChI is InChI=1S/C31H41N7O8S/c1-18(26(39)27(32)40)34-29(42)24-15-21(38-25(16-33-36-38)31(2,3)44)17-37(24)30(43)23(14-19-8-6-5-7-9-19)35-28(41)20-10-12-22(13-11-20)47(4,45)46/h10-13,16,18-19,21,24,44H,5-9,14-15,17H2,1-4H3,(H2,32,40)(H,34,42)/t18?,21-,24-/m0/s1. The Hall–Kier alpha value is -4.31. The molecule has 47 heavy (non-hydrogen) atoms. The highest BCUT2D eigenvalue weighted by Crippen LogP contribution is 2.33. The van der Waals surface area contributed by atoms with Gasteiger partial charge >= 0.3 is 0 Å². The zero-order valence-corrected chi connectivity index (χ0v) is 27.7. The number of carbonyl (C=O) groups excluding carboxylic acids is 5. The molecule has 1 saturated carbocycles. The number of nitrogens with zero attached hydrogens (tertiary/aromatic N) is 5. The first-order valence-electron chi connectivity index (χ1n) is 15.5. The normalized spacial score (nSPS) is 20.1. The molecule has 16 heteroatoms. The molecule has 1 aliphatic carbocycles. The predicted molar refractivity (Wildman–Crippen MR) is 169 cm³/mol. The van der Waals surface area contributed by atoms with Crippen molar-refractivity contribution < 1.29 is 37.5 Å². The van der Waals surface area contributed by atoms with Crippen LogP contribution in [0.5, 0.6) is 0 Å². The number of aliphatic imine (C=N–C) groups is 1. The van der Waals surface area contributed by atoms with Crippen LogP contribution in [-0.4, -0.2) is 93.4 Å². The van der Waals surface area contributed by atoms with E-state index in [2.05, 4.69) is 20.6 Å². The van der Waals surface area contributed by atoms with Crippen LogP contribution in [0.3, 0.4) is 0 Å². The Kier molecular flexibility index (Phi) is 10.7. The molecule has 3 atom stereocenters. The van der Waals surface area contributed by atoms with Crippen LogP contribution >= 0.6 is 0 Å². The fourth-order valence-electron chi connectivity index (χ4n) is 6.05. The van der Waals surface area contributed by atoms with Crippen molar-refractivity contribution in [1.82, 2.24) is 25.2 Å². The molecule has 2 aliphatic rings. The number of amides is 4. The van der Waals surface area contributed by atoms with Crippen molar-refractivity contribution in [2.75, 3.05) is 12.8 Å². The van der Waals surface area contributed by atoms with Crippen LogP contribution in [0.15, 0.2) is 40.4 Å². The minimum atomic E-state index is -3.50. The quantitative estimate of drug-likeness (QED) is 0.226. The van der Waals surface area contributed by atoms with Crippen LogP contribution in [0.1, 0.15) is 87.8 Å². The van der Waals surface area contributed by atoms with Crippen molar-refractivity contribution in [3.8, 4) is 0 Å². The average molecular weight is 672 g/mol. The molecule has 0 spiro atoms. The second-order valence-electron chi connectivity index (χ2n) is 12.8. The third-order valence-electron chi connectivity index (χ3n) is 8.60. The minimum absolute atomic E-state index is 0.0130. The lowest BCUT2D eigenvalue weighted by Gasteiger charge is -2.27. The average Bonchev–Trinajstić information content (AvgIpc) is 3.68. The van der Waals surface area contributed by atoms with Gasteiger partial charge in [0, 0.05) is 24.8 Å². The van der Waals surface area contributed by atoms with Crippen molar-refractivity contribution in [2.24, 2.45) is 16.6 Å². The van der Waals surface area contributed by atoms with E-state index in [0.717, 1.165) is 38.4 Å². The predicted octanol–water partition coefficient (Wildman–Crippen LogP) is 0.862. The summed E-state index contributed by atoms with van der Waals surface area (Å²) in [6, 6.07) is 2.17. The van der Waals surface area contributed by atoms with Crippen LogP contribution < -0.4 is 11.1 Å². The van der Waals surface area contributed by atoms with Crippen LogP contribution in [-0.2, 0) is 34.6 Å². The first-order valence-corrected chi connectivity index (χ1v) is 17.4. The number of benzene rings is 1. The van der Waals surface area contributed by atoms with E-state index in [4.69, 9.17) is 5.73 Å². The Bertz CT molecular complexity index is 1670. The summed E-state index contributed by atoms with van der Waals surface area (Å²) in [6.45, 7) is 4.33. The van der Waals surface area contributed by atoms with Gasteiger partial charge in [-0.1, -0.05) is 37.3 Å². The van der Waals surface area contributed by atoms with Gasteiger partial charge in [0.1, 0.15) is 17.4 Å². The number of nitrogens with one attached hydrogen (secondary N) is 1. The summed E-state index contributed by atoms with van der Waals surface area (Å²) < 4.78 is 25.2. The number of rotatable bonds is 11. The highest BCUT2D eigenvalue weighted by Gasteiger charge is 2.44. The summed E-state index contributed by atoms with van der Waals surface area (Å²) >= 11 is 0. The van der Waals surface area contributed by atoms with Gasteiger partial charge in [-0.3, -0.25) is 24.0 Å². The van der Waals surface area contributed by atoms with Crippen molar-refractivity contribution in [2.45, 2.75) is 94.3 Å². The van der Waals surface area contributed by atoms with Gasteiger partial charge in [-0.05, 0) is 57.4 Å². The maximum atomic E-state index is 14.4. The molecule has 1 aromatic heterocycles. The van der Waals surface area contributed by atoms with Gasteiger partial charge in [-0.15, -0.1) is 5.10 Å². The first-order chi connectivity index (χ1) is 22.0. The second-order valence-corrected chi connectivity index (χ2v) is 14.8. The molecule has 0 bridgehead atoms. The lowest BCUT2D eigenvalue weighted by atomic mass is 9.85. The van der Waals surface area contributed by atoms with Gasteiger partial charge in [0.05, 0.1) is 28.9 Å². The zero-order chi connectivity index (χ0) is 34.7. The largest absolute Gasteiger partial charge is 0.384 e. The van der Waals surface area contributed by atoms with Gasteiger partial charge < -0.3 is 21.1 Å². The number of Topliss-reactive ketones (excluding diaryl/α,β-unsaturated/α-hetero) is 1. The third-order valence-corrected chi connectivity index (χ3v) is 9.73. The molecule has 254 valence electrons.